The van der Waals surface area contributed by atoms with E-state index in [0.717, 1.165) is 63.4 Å². The minimum absolute atomic E-state index is 0.142. The van der Waals surface area contributed by atoms with Crippen LogP contribution >= 0.6 is 0 Å². The third kappa shape index (κ3) is 6.32. The zero-order chi connectivity index (χ0) is 26.7. The Balaban J connectivity index is 1.54. The SMILES string of the molecule is CCN(CC)C(=O)C1Cc2cc(S(=O)(=O)N3CC(C)CC(C)C3)ccc2N1CCCN1CCN(C)CC1. The molecule has 8 nitrogen and oxygen atoms in total. The van der Waals surface area contributed by atoms with Crippen molar-refractivity contribution in [2.45, 2.75) is 57.9 Å². The van der Waals surface area contributed by atoms with Gasteiger partial charge in [-0.2, -0.15) is 4.31 Å². The highest BCUT2D eigenvalue weighted by atomic mass is 32.2. The largest absolute Gasteiger partial charge is 0.359 e. The molecule has 3 atom stereocenters. The Labute approximate surface area is 224 Å². The minimum Gasteiger partial charge on any atom is -0.359 e. The van der Waals surface area contributed by atoms with Crippen LogP contribution in [0.5, 0.6) is 0 Å². The number of amides is 1. The van der Waals surface area contributed by atoms with Crippen LogP contribution in [0.2, 0.25) is 0 Å². The fourth-order valence-corrected chi connectivity index (χ4v) is 8.11. The average Bonchev–Trinajstić information content (AvgIpc) is 3.23. The van der Waals surface area contributed by atoms with Crippen LogP contribution in [0.3, 0.4) is 0 Å². The van der Waals surface area contributed by atoms with E-state index in [2.05, 4.69) is 35.6 Å². The Morgan fingerprint density at radius 2 is 1.65 bits per heavy atom. The fraction of sp³-hybridized carbons (Fsp3) is 0.750. The van der Waals surface area contributed by atoms with E-state index in [0.29, 0.717) is 49.3 Å². The lowest BCUT2D eigenvalue weighted by Crippen LogP contribution is -2.48. The lowest BCUT2D eigenvalue weighted by atomic mass is 9.94. The van der Waals surface area contributed by atoms with Gasteiger partial charge >= 0.3 is 0 Å². The molecule has 37 heavy (non-hydrogen) atoms. The van der Waals surface area contributed by atoms with E-state index in [4.69, 9.17) is 0 Å². The maximum absolute atomic E-state index is 13.6. The zero-order valence-electron chi connectivity index (χ0n) is 23.5. The summed E-state index contributed by atoms with van der Waals surface area (Å²) in [6.07, 6.45) is 2.61. The predicted octanol–water partition coefficient (Wildman–Crippen LogP) is 2.59. The molecule has 2 saturated heterocycles. The van der Waals surface area contributed by atoms with Crippen LogP contribution in [0.1, 0.15) is 46.1 Å². The van der Waals surface area contributed by atoms with Crippen molar-refractivity contribution in [3.63, 3.8) is 0 Å². The standard InChI is InChI=1S/C28H47N5O3S/c1-6-31(7-2)28(34)27-19-24-18-25(37(35,36)32-20-22(3)17-23(4)21-32)9-10-26(24)33(27)12-8-11-30-15-13-29(5)14-16-30/h9-10,18,22-23,27H,6-8,11-17,19-21H2,1-5H3. The molecule has 0 N–H and O–H groups in total. The number of fused-ring (bicyclic) bond motifs is 1. The van der Waals surface area contributed by atoms with E-state index in [1.54, 1.807) is 10.4 Å². The molecular weight excluding hydrogens is 486 g/mol. The van der Waals surface area contributed by atoms with E-state index < -0.39 is 10.0 Å². The van der Waals surface area contributed by atoms with Gasteiger partial charge in [0.15, 0.2) is 0 Å². The molecule has 4 rings (SSSR count). The van der Waals surface area contributed by atoms with Crippen LogP contribution in [0.4, 0.5) is 5.69 Å². The number of likely N-dealkylation sites (N-methyl/N-ethyl adjacent to an activating group) is 2. The van der Waals surface area contributed by atoms with Crippen molar-refractivity contribution in [3.8, 4) is 0 Å². The molecule has 1 aromatic carbocycles. The number of carbonyl (C=O) groups is 1. The summed E-state index contributed by atoms with van der Waals surface area (Å²) in [5.41, 5.74) is 1.99. The fourth-order valence-electron chi connectivity index (χ4n) is 6.38. The molecule has 3 aliphatic rings. The molecule has 1 aromatic rings. The van der Waals surface area contributed by atoms with Crippen LogP contribution < -0.4 is 4.90 Å². The first-order valence-corrected chi connectivity index (χ1v) is 15.7. The number of benzene rings is 1. The van der Waals surface area contributed by atoms with Crippen LogP contribution in [0.15, 0.2) is 23.1 Å². The van der Waals surface area contributed by atoms with Crippen molar-refractivity contribution in [1.82, 2.24) is 19.0 Å². The van der Waals surface area contributed by atoms with Gasteiger partial charge in [0, 0.05) is 71.0 Å². The van der Waals surface area contributed by atoms with Crippen LogP contribution in [0.25, 0.3) is 0 Å². The van der Waals surface area contributed by atoms with Gasteiger partial charge in [0.1, 0.15) is 6.04 Å². The lowest BCUT2D eigenvalue weighted by Gasteiger charge is -2.34. The summed E-state index contributed by atoms with van der Waals surface area (Å²) in [6.45, 7) is 17.0. The van der Waals surface area contributed by atoms with Crippen molar-refractivity contribution >= 4 is 21.6 Å². The molecule has 208 valence electrons. The number of carbonyl (C=O) groups excluding carboxylic acids is 1. The molecule has 3 heterocycles. The predicted molar refractivity (Wildman–Crippen MR) is 149 cm³/mol. The zero-order valence-corrected chi connectivity index (χ0v) is 24.3. The highest BCUT2D eigenvalue weighted by molar-refractivity contribution is 7.89. The van der Waals surface area contributed by atoms with E-state index in [9.17, 15) is 13.2 Å². The van der Waals surface area contributed by atoms with Crippen LogP contribution in [0, 0.1) is 11.8 Å². The van der Waals surface area contributed by atoms with Crippen molar-refractivity contribution in [2.24, 2.45) is 11.8 Å². The highest BCUT2D eigenvalue weighted by Crippen LogP contribution is 2.36. The molecular formula is C28H47N5O3S. The first-order valence-electron chi connectivity index (χ1n) is 14.2. The second-order valence-electron chi connectivity index (χ2n) is 11.5. The molecule has 3 aliphatic heterocycles. The van der Waals surface area contributed by atoms with E-state index >= 15 is 0 Å². The third-order valence-electron chi connectivity index (χ3n) is 8.45. The second kappa shape index (κ2) is 12.0. The quantitative estimate of drug-likeness (QED) is 0.486. The van der Waals surface area contributed by atoms with Crippen LogP contribution in [-0.4, -0.2) is 112 Å². The number of piperidine rings is 1. The number of rotatable bonds is 9. The van der Waals surface area contributed by atoms with Gasteiger partial charge in [0.05, 0.1) is 4.90 Å². The number of hydrogen-bond acceptors (Lipinski definition) is 6. The molecule has 2 fully saturated rings. The molecule has 0 radical (unpaired) electrons. The minimum atomic E-state index is -3.56. The lowest BCUT2D eigenvalue weighted by molar-refractivity contribution is -0.132. The van der Waals surface area contributed by atoms with E-state index in [1.807, 2.05) is 30.9 Å². The first kappa shape index (κ1) is 28.3. The van der Waals surface area contributed by atoms with Gasteiger partial charge in [-0.3, -0.25) is 4.79 Å². The number of nitrogens with zero attached hydrogens (tertiary/aromatic N) is 5. The van der Waals surface area contributed by atoms with Gasteiger partial charge in [-0.05, 0) is 75.9 Å². The maximum atomic E-state index is 13.6. The summed E-state index contributed by atoms with van der Waals surface area (Å²) in [4.78, 5) is 22.9. The van der Waals surface area contributed by atoms with Gasteiger partial charge in [0.2, 0.25) is 15.9 Å². The molecule has 3 unspecified atom stereocenters. The van der Waals surface area contributed by atoms with Crippen LogP contribution in [-0.2, 0) is 21.2 Å². The van der Waals surface area contributed by atoms with Gasteiger partial charge in [-0.15, -0.1) is 0 Å². The van der Waals surface area contributed by atoms with E-state index in [1.165, 1.54) is 0 Å². The Morgan fingerprint density at radius 3 is 2.27 bits per heavy atom. The first-order chi connectivity index (χ1) is 17.6. The molecule has 1 amide bonds. The molecule has 0 aliphatic carbocycles. The van der Waals surface area contributed by atoms with E-state index in [-0.39, 0.29) is 11.9 Å². The topological polar surface area (TPSA) is 67.4 Å². The number of piperazine rings is 1. The average molecular weight is 534 g/mol. The summed E-state index contributed by atoms with van der Waals surface area (Å²) in [6, 6.07) is 5.29. The Bertz CT molecular complexity index is 1030. The highest BCUT2D eigenvalue weighted by Gasteiger charge is 2.38. The number of sulfonamides is 1. The smallest absolute Gasteiger partial charge is 0.245 e. The van der Waals surface area contributed by atoms with Crippen molar-refractivity contribution in [3.05, 3.63) is 23.8 Å². The van der Waals surface area contributed by atoms with Crippen molar-refractivity contribution < 1.29 is 13.2 Å². The van der Waals surface area contributed by atoms with Crippen molar-refractivity contribution in [2.75, 3.05) is 77.4 Å². The molecule has 0 spiro atoms. The Hall–Kier alpha value is -1.68. The summed E-state index contributed by atoms with van der Waals surface area (Å²) in [5, 5.41) is 0. The molecule has 9 heteroatoms. The summed E-state index contributed by atoms with van der Waals surface area (Å²) < 4.78 is 28.8. The van der Waals surface area contributed by atoms with Gasteiger partial charge in [-0.1, -0.05) is 13.8 Å². The Kier molecular flexibility index (Phi) is 9.20. The molecule has 0 saturated carbocycles. The van der Waals surface area contributed by atoms with Gasteiger partial charge in [-0.25, -0.2) is 8.42 Å². The molecule has 0 bridgehead atoms. The second-order valence-corrected chi connectivity index (χ2v) is 13.4. The third-order valence-corrected chi connectivity index (χ3v) is 10.3. The summed E-state index contributed by atoms with van der Waals surface area (Å²) >= 11 is 0. The molecule has 0 aromatic heterocycles. The van der Waals surface area contributed by atoms with Gasteiger partial charge in [0.25, 0.3) is 0 Å². The monoisotopic (exact) mass is 533 g/mol. The number of hydrogen-bond donors (Lipinski definition) is 0. The van der Waals surface area contributed by atoms with Gasteiger partial charge < -0.3 is 19.6 Å². The number of anilines is 1. The Morgan fingerprint density at radius 1 is 1.00 bits per heavy atom. The maximum Gasteiger partial charge on any atom is 0.245 e. The normalized spacial score (nSPS) is 25.9. The summed E-state index contributed by atoms with van der Waals surface area (Å²) in [7, 11) is -1.39. The van der Waals surface area contributed by atoms with Crippen molar-refractivity contribution in [1.29, 1.82) is 0 Å². The summed E-state index contributed by atoms with van der Waals surface area (Å²) in [5.74, 6) is 0.864.